The van der Waals surface area contributed by atoms with Gasteiger partial charge in [0.1, 0.15) is 0 Å². The highest BCUT2D eigenvalue weighted by atomic mass is 28.3. The topological polar surface area (TPSA) is 92.0 Å². The summed E-state index contributed by atoms with van der Waals surface area (Å²) in [6.07, 6.45) is 1.29. The molecule has 7 nitrogen and oxygen atoms in total. The summed E-state index contributed by atoms with van der Waals surface area (Å²) in [4.78, 5) is 11.4. The van der Waals surface area contributed by atoms with Gasteiger partial charge in [0.25, 0.3) is 0 Å². The van der Waals surface area contributed by atoms with Crippen LogP contribution in [0.4, 0.5) is 4.79 Å². The Kier molecular flexibility index (Phi) is 15.4. The summed E-state index contributed by atoms with van der Waals surface area (Å²) in [6, 6.07) is 0.988. The minimum Gasteiger partial charge on any atom is -0.450 e. The van der Waals surface area contributed by atoms with Crippen LogP contribution in [0.1, 0.15) is 12.8 Å². The Hall–Kier alpha value is -0.673. The minimum absolute atomic E-state index is 0.341. The molecule has 0 heterocycles. The van der Waals surface area contributed by atoms with Gasteiger partial charge in [0.15, 0.2) is 0 Å². The molecule has 0 aliphatic rings. The van der Waals surface area contributed by atoms with E-state index in [4.69, 9.17) is 24.7 Å². The number of rotatable bonds is 16. The van der Waals surface area contributed by atoms with Crippen LogP contribution in [0.25, 0.3) is 0 Å². The van der Waals surface area contributed by atoms with E-state index in [9.17, 15) is 4.79 Å². The summed E-state index contributed by atoms with van der Waals surface area (Å²) in [6.45, 7) is 12.0. The highest BCUT2D eigenvalue weighted by Crippen LogP contribution is 2.07. The fourth-order valence-electron chi connectivity index (χ4n) is 1.59. The maximum atomic E-state index is 11.4. The number of nitrogens with two attached hydrogens (primary N) is 1. The quantitative estimate of drug-likeness (QED) is 0.321. The lowest BCUT2D eigenvalue weighted by molar-refractivity contribution is 0.0141. The van der Waals surface area contributed by atoms with Crippen LogP contribution in [0.2, 0.25) is 25.7 Å². The Labute approximate surface area is 147 Å². The molecule has 0 aromatic rings. The first-order chi connectivity index (χ1) is 11.5. The van der Waals surface area contributed by atoms with Crippen molar-refractivity contribution in [1.29, 1.82) is 0 Å². The summed E-state index contributed by atoms with van der Waals surface area (Å²) < 4.78 is 21.2. The van der Waals surface area contributed by atoms with E-state index >= 15 is 0 Å². The second kappa shape index (κ2) is 15.8. The average Bonchev–Trinajstić information content (AvgIpc) is 2.50. The lowest BCUT2D eigenvalue weighted by Gasteiger charge is -2.15. The molecule has 0 atom stereocenters. The number of nitrogens with one attached hydrogen (secondary N) is 1. The lowest BCUT2D eigenvalue weighted by atomic mass is 10.4. The largest absolute Gasteiger partial charge is 0.450 e. The Bertz CT molecular complexity index is 301. The third kappa shape index (κ3) is 19.4. The molecule has 0 bridgehead atoms. The molecule has 8 heteroatoms. The molecule has 144 valence electrons. The van der Waals surface area contributed by atoms with Crippen molar-refractivity contribution in [3.05, 3.63) is 0 Å². The van der Waals surface area contributed by atoms with Gasteiger partial charge in [-0.05, 0) is 25.4 Å². The molecule has 0 spiro atoms. The van der Waals surface area contributed by atoms with Gasteiger partial charge in [-0.25, -0.2) is 4.79 Å². The summed E-state index contributed by atoms with van der Waals surface area (Å²) >= 11 is 0. The predicted octanol–water partition coefficient (Wildman–Crippen LogP) is 1.84. The van der Waals surface area contributed by atoms with Crippen molar-refractivity contribution in [2.24, 2.45) is 5.73 Å². The molecule has 24 heavy (non-hydrogen) atoms. The van der Waals surface area contributed by atoms with Crippen LogP contribution in [0.5, 0.6) is 0 Å². The molecule has 0 saturated heterocycles. The minimum atomic E-state index is -1.15. The van der Waals surface area contributed by atoms with E-state index in [0.29, 0.717) is 59.3 Å². The van der Waals surface area contributed by atoms with Crippen LogP contribution < -0.4 is 11.1 Å². The van der Waals surface area contributed by atoms with Crippen molar-refractivity contribution in [3.63, 3.8) is 0 Å². The number of carbonyl (C=O) groups excluding carboxylic acids is 1. The van der Waals surface area contributed by atoms with E-state index in [1.807, 2.05) is 0 Å². The second-order valence-corrected chi connectivity index (χ2v) is 12.3. The van der Waals surface area contributed by atoms with Crippen molar-refractivity contribution in [3.8, 4) is 0 Å². The molecule has 0 aliphatic carbocycles. The first-order valence-electron chi connectivity index (χ1n) is 8.79. The Morgan fingerprint density at radius 2 is 1.42 bits per heavy atom. The van der Waals surface area contributed by atoms with Crippen molar-refractivity contribution < 1.29 is 23.7 Å². The van der Waals surface area contributed by atoms with Crippen LogP contribution in [-0.2, 0) is 18.9 Å². The van der Waals surface area contributed by atoms with Gasteiger partial charge in [-0.1, -0.05) is 19.6 Å². The van der Waals surface area contributed by atoms with Gasteiger partial charge in [-0.15, -0.1) is 0 Å². The lowest BCUT2D eigenvalue weighted by Crippen LogP contribution is -2.29. The van der Waals surface area contributed by atoms with Crippen molar-refractivity contribution in [1.82, 2.24) is 5.32 Å². The van der Waals surface area contributed by atoms with Crippen LogP contribution in [0.15, 0.2) is 0 Å². The molecule has 0 aromatic carbocycles. The smallest absolute Gasteiger partial charge is 0.407 e. The van der Waals surface area contributed by atoms with E-state index < -0.39 is 8.07 Å². The second-order valence-electron chi connectivity index (χ2n) is 6.71. The first-order valence-corrected chi connectivity index (χ1v) is 12.5. The molecule has 3 N–H and O–H groups in total. The Balaban J connectivity index is 3.18. The molecule has 0 radical (unpaired) electrons. The summed E-state index contributed by atoms with van der Waals surface area (Å²) in [5, 5.41) is 2.72. The molecule has 0 saturated carbocycles. The third-order valence-electron chi connectivity index (χ3n) is 3.06. The van der Waals surface area contributed by atoms with E-state index in [1.54, 1.807) is 0 Å². The van der Waals surface area contributed by atoms with Crippen LogP contribution in [0, 0.1) is 0 Å². The molecular formula is C16H36N2O5Si. The Morgan fingerprint density at radius 1 is 0.875 bits per heavy atom. The normalized spacial score (nSPS) is 11.5. The van der Waals surface area contributed by atoms with Gasteiger partial charge < -0.3 is 30.0 Å². The van der Waals surface area contributed by atoms with Crippen LogP contribution >= 0.6 is 0 Å². The third-order valence-corrected chi connectivity index (χ3v) is 4.76. The predicted molar refractivity (Wildman–Crippen MR) is 98.2 cm³/mol. The average molecular weight is 365 g/mol. The van der Waals surface area contributed by atoms with E-state index in [1.165, 1.54) is 0 Å². The standard InChI is InChI=1S/C16H36N2O5Si/c1-24(2,3)15-14-23-16(19)18-7-5-9-21-11-13-22-12-10-20-8-4-6-17/h4-15,17H2,1-3H3,(H,18,19). The van der Waals surface area contributed by atoms with E-state index in [-0.39, 0.29) is 6.09 Å². The van der Waals surface area contributed by atoms with Crippen LogP contribution in [0.3, 0.4) is 0 Å². The first kappa shape index (κ1) is 23.3. The molecular weight excluding hydrogens is 328 g/mol. The van der Waals surface area contributed by atoms with E-state index in [0.717, 1.165) is 18.9 Å². The molecule has 0 fully saturated rings. The molecule has 0 unspecified atom stereocenters. The fourth-order valence-corrected chi connectivity index (χ4v) is 2.31. The molecule has 1 amide bonds. The van der Waals surface area contributed by atoms with E-state index in [2.05, 4.69) is 25.0 Å². The molecule has 0 aromatic heterocycles. The fraction of sp³-hybridized carbons (Fsp3) is 0.938. The summed E-state index contributed by atoms with van der Waals surface area (Å²) in [7, 11) is -1.15. The van der Waals surface area contributed by atoms with Gasteiger partial charge in [0.2, 0.25) is 0 Å². The zero-order valence-corrected chi connectivity index (χ0v) is 16.6. The highest BCUT2D eigenvalue weighted by molar-refractivity contribution is 6.76. The number of hydrogen-bond donors (Lipinski definition) is 2. The molecule has 0 rings (SSSR count). The molecule has 0 aliphatic heterocycles. The Morgan fingerprint density at radius 3 is 1.96 bits per heavy atom. The number of hydrogen-bond acceptors (Lipinski definition) is 6. The zero-order valence-electron chi connectivity index (χ0n) is 15.6. The van der Waals surface area contributed by atoms with Gasteiger partial charge in [-0.3, -0.25) is 0 Å². The maximum Gasteiger partial charge on any atom is 0.407 e. The summed E-state index contributed by atoms with van der Waals surface area (Å²) in [5.41, 5.74) is 5.36. The van der Waals surface area contributed by atoms with Gasteiger partial charge in [0.05, 0.1) is 33.0 Å². The monoisotopic (exact) mass is 364 g/mol. The van der Waals surface area contributed by atoms with Crippen molar-refractivity contribution >= 4 is 14.2 Å². The van der Waals surface area contributed by atoms with Crippen molar-refractivity contribution in [2.75, 3.05) is 59.3 Å². The number of ether oxygens (including phenoxy) is 4. The van der Waals surface area contributed by atoms with Crippen molar-refractivity contribution in [2.45, 2.75) is 38.5 Å². The SMILES string of the molecule is C[Si](C)(C)CCOC(=O)NCCCOCCOCCOCCCN. The van der Waals surface area contributed by atoms with Gasteiger partial charge in [-0.2, -0.15) is 0 Å². The number of carbonyl (C=O) groups is 1. The summed E-state index contributed by atoms with van der Waals surface area (Å²) in [5.74, 6) is 0. The van der Waals surface area contributed by atoms with Crippen LogP contribution in [-0.4, -0.2) is 73.5 Å². The number of alkyl carbamates (subject to hydrolysis) is 1. The highest BCUT2D eigenvalue weighted by Gasteiger charge is 2.13. The maximum absolute atomic E-state index is 11.4. The van der Waals surface area contributed by atoms with Gasteiger partial charge >= 0.3 is 6.09 Å². The zero-order chi connectivity index (χ0) is 18.1. The van der Waals surface area contributed by atoms with Gasteiger partial charge in [0, 0.05) is 27.8 Å². The number of amides is 1.